The summed E-state index contributed by atoms with van der Waals surface area (Å²) in [6.45, 7) is 0.389. The van der Waals surface area contributed by atoms with Gasteiger partial charge in [0.25, 0.3) is 0 Å². The molecular weight excluding hydrogens is 685 g/mol. The number of urea groups is 1. The number of hydrogen-bond acceptors (Lipinski definition) is 3. The van der Waals surface area contributed by atoms with Crippen LogP contribution in [0, 0.1) is 5.82 Å². The number of amides is 2. The highest BCUT2D eigenvalue weighted by atomic mass is 127. The molecule has 1 aliphatic rings. The van der Waals surface area contributed by atoms with Crippen molar-refractivity contribution < 1.29 is 27.1 Å². The van der Waals surface area contributed by atoms with Gasteiger partial charge in [-0.2, -0.15) is 13.2 Å². The van der Waals surface area contributed by atoms with E-state index in [-0.39, 0.29) is 29.8 Å². The molecule has 3 atom stereocenters. The van der Waals surface area contributed by atoms with Crippen molar-refractivity contribution in [3.8, 4) is 0 Å². The van der Waals surface area contributed by atoms with E-state index < -0.39 is 29.1 Å². The molecule has 230 valence electrons. The van der Waals surface area contributed by atoms with Crippen molar-refractivity contribution in [2.75, 3.05) is 0 Å². The number of aromatic nitrogens is 1. The molecule has 2 amide bonds. The summed E-state index contributed by atoms with van der Waals surface area (Å²) in [7, 11) is 0. The van der Waals surface area contributed by atoms with Gasteiger partial charge in [-0.1, -0.05) is 89.3 Å². The third-order valence-corrected chi connectivity index (χ3v) is 8.73. The van der Waals surface area contributed by atoms with E-state index in [1.54, 1.807) is 24.4 Å². The Kier molecular flexibility index (Phi) is 10.2. The summed E-state index contributed by atoms with van der Waals surface area (Å²) < 4.78 is 63.6. The number of ether oxygens (including phenoxy) is 1. The molecule has 5 nitrogen and oxygen atoms in total. The number of nitrogens with zero attached hydrogens (tertiary/aromatic N) is 1. The summed E-state index contributed by atoms with van der Waals surface area (Å²) in [5.74, 6) is -1.07. The molecule has 0 saturated heterocycles. The van der Waals surface area contributed by atoms with Crippen LogP contribution in [0.3, 0.4) is 0 Å². The van der Waals surface area contributed by atoms with Gasteiger partial charge in [0, 0.05) is 17.0 Å². The lowest BCUT2D eigenvalue weighted by molar-refractivity contribution is -0.137. The molecular formula is C34H32F4IN3O2. The Hall–Kier alpha value is -3.51. The first-order valence-corrected chi connectivity index (χ1v) is 15.9. The van der Waals surface area contributed by atoms with Crippen LogP contribution in [0.25, 0.3) is 0 Å². The fourth-order valence-corrected chi connectivity index (χ4v) is 6.10. The monoisotopic (exact) mass is 717 g/mol. The van der Waals surface area contributed by atoms with E-state index in [0.29, 0.717) is 23.5 Å². The number of hydrogen-bond donors (Lipinski definition) is 2. The first kappa shape index (κ1) is 31.9. The van der Waals surface area contributed by atoms with Gasteiger partial charge >= 0.3 is 12.2 Å². The minimum atomic E-state index is -4.80. The lowest BCUT2D eigenvalue weighted by Gasteiger charge is -2.36. The Morgan fingerprint density at radius 2 is 1.57 bits per heavy atom. The van der Waals surface area contributed by atoms with Crippen LogP contribution in [0.4, 0.5) is 22.4 Å². The van der Waals surface area contributed by atoms with Crippen molar-refractivity contribution in [3.05, 3.63) is 137 Å². The first-order chi connectivity index (χ1) is 21.2. The van der Waals surface area contributed by atoms with Crippen LogP contribution in [0.5, 0.6) is 0 Å². The largest absolute Gasteiger partial charge is 0.416 e. The van der Waals surface area contributed by atoms with Crippen LogP contribution < -0.4 is 10.6 Å². The molecule has 4 aromatic rings. The standard InChI is InChI=1S/C34H32F4IN3O2/c35-28-17-26(16-27(18-28)34(36,37)38)33(19-23-8-3-1-4-9-23,31-15-14-25(20-39)21-40-31)42-32(43)41-29-12-7-13-30(29)44-22-24-10-5-2-6-11-24/h1-6,8-11,14-18,21,29-30H,7,12-13,19-20,22H2,(H2,41,42,43)/t29-,30-,33-/m0/s1. The highest BCUT2D eigenvalue weighted by Crippen LogP contribution is 2.38. The van der Waals surface area contributed by atoms with Gasteiger partial charge < -0.3 is 15.4 Å². The fourth-order valence-electron chi connectivity index (χ4n) is 5.65. The average Bonchev–Trinajstić information content (AvgIpc) is 3.46. The molecule has 5 rings (SSSR count). The zero-order chi connectivity index (χ0) is 31.2. The maximum absolute atomic E-state index is 14.9. The third kappa shape index (κ3) is 7.76. The summed E-state index contributed by atoms with van der Waals surface area (Å²) in [6, 6.07) is 23.7. The van der Waals surface area contributed by atoms with Gasteiger partial charge in [0.15, 0.2) is 0 Å². The highest BCUT2D eigenvalue weighted by molar-refractivity contribution is 14.1. The molecule has 1 fully saturated rings. The SMILES string of the molecule is O=C(N[C@H]1CCC[C@@H]1OCc1ccccc1)N[C@@](Cc1ccccc1)(c1cc(F)cc(C(F)(F)F)c1)c1ccc(CI)cn1. The van der Waals surface area contributed by atoms with Crippen molar-refractivity contribution in [2.45, 2.75) is 60.6 Å². The second-order valence-electron chi connectivity index (χ2n) is 11.0. The van der Waals surface area contributed by atoms with Crippen molar-refractivity contribution in [3.63, 3.8) is 0 Å². The quantitative estimate of drug-likeness (QED) is 0.0991. The van der Waals surface area contributed by atoms with E-state index >= 15 is 0 Å². The second kappa shape index (κ2) is 14.1. The summed E-state index contributed by atoms with van der Waals surface area (Å²) in [5.41, 5.74) is 0.0469. The van der Waals surface area contributed by atoms with Gasteiger partial charge in [0.05, 0.1) is 30.0 Å². The molecule has 0 bridgehead atoms. The lowest BCUT2D eigenvalue weighted by Crippen LogP contribution is -2.55. The molecule has 10 heteroatoms. The maximum atomic E-state index is 14.9. The summed E-state index contributed by atoms with van der Waals surface area (Å²) in [6.07, 6.45) is -1.12. The first-order valence-electron chi connectivity index (χ1n) is 14.3. The number of alkyl halides is 4. The average molecular weight is 718 g/mol. The summed E-state index contributed by atoms with van der Waals surface area (Å²) in [5, 5.41) is 5.98. The molecule has 1 aliphatic carbocycles. The number of pyridine rings is 1. The molecule has 44 heavy (non-hydrogen) atoms. The van der Waals surface area contributed by atoms with Crippen LogP contribution in [0.15, 0.2) is 97.2 Å². The molecule has 1 saturated carbocycles. The van der Waals surface area contributed by atoms with Crippen molar-refractivity contribution in [1.82, 2.24) is 15.6 Å². The number of carbonyl (C=O) groups is 1. The molecule has 0 spiro atoms. The predicted molar refractivity (Wildman–Crippen MR) is 169 cm³/mol. The van der Waals surface area contributed by atoms with Crippen LogP contribution in [-0.4, -0.2) is 23.2 Å². The Morgan fingerprint density at radius 3 is 2.20 bits per heavy atom. The number of halogens is 5. The van der Waals surface area contributed by atoms with Gasteiger partial charge in [-0.15, -0.1) is 0 Å². The van der Waals surface area contributed by atoms with Crippen molar-refractivity contribution in [1.29, 1.82) is 0 Å². The number of nitrogens with one attached hydrogen (secondary N) is 2. The normalized spacial score (nSPS) is 18.0. The Balaban J connectivity index is 1.52. The molecule has 1 heterocycles. The van der Waals surface area contributed by atoms with Crippen molar-refractivity contribution >= 4 is 28.6 Å². The van der Waals surface area contributed by atoms with Crippen LogP contribution >= 0.6 is 22.6 Å². The van der Waals surface area contributed by atoms with E-state index in [1.807, 2.05) is 54.6 Å². The lowest BCUT2D eigenvalue weighted by atomic mass is 9.79. The maximum Gasteiger partial charge on any atom is 0.416 e. The molecule has 0 unspecified atom stereocenters. The third-order valence-electron chi connectivity index (χ3n) is 7.85. The highest BCUT2D eigenvalue weighted by Gasteiger charge is 2.42. The van der Waals surface area contributed by atoms with Gasteiger partial charge in [-0.05, 0) is 65.8 Å². The second-order valence-corrected chi connectivity index (χ2v) is 11.7. The Morgan fingerprint density at radius 1 is 0.886 bits per heavy atom. The smallest absolute Gasteiger partial charge is 0.371 e. The van der Waals surface area contributed by atoms with Gasteiger partial charge in [-0.25, -0.2) is 9.18 Å². The number of benzene rings is 3. The Bertz CT molecular complexity index is 1540. The zero-order valence-electron chi connectivity index (χ0n) is 23.8. The fraction of sp³-hybridized carbons (Fsp3) is 0.294. The zero-order valence-corrected chi connectivity index (χ0v) is 25.9. The van der Waals surface area contributed by atoms with Crippen LogP contribution in [-0.2, 0) is 33.9 Å². The molecule has 0 aliphatic heterocycles. The van der Waals surface area contributed by atoms with Gasteiger partial charge in [0.2, 0.25) is 0 Å². The molecule has 0 radical (unpaired) electrons. The van der Waals surface area contributed by atoms with Crippen LogP contribution in [0.1, 0.15) is 52.8 Å². The van der Waals surface area contributed by atoms with E-state index in [1.165, 1.54) is 0 Å². The topological polar surface area (TPSA) is 63.2 Å². The van der Waals surface area contributed by atoms with E-state index in [9.17, 15) is 22.4 Å². The summed E-state index contributed by atoms with van der Waals surface area (Å²) >= 11 is 2.19. The molecule has 2 N–H and O–H groups in total. The number of rotatable bonds is 10. The van der Waals surface area contributed by atoms with Crippen LogP contribution in [0.2, 0.25) is 0 Å². The van der Waals surface area contributed by atoms with E-state index in [0.717, 1.165) is 41.7 Å². The summed E-state index contributed by atoms with van der Waals surface area (Å²) in [4.78, 5) is 18.4. The van der Waals surface area contributed by atoms with Gasteiger partial charge in [-0.3, -0.25) is 4.98 Å². The van der Waals surface area contributed by atoms with E-state index in [2.05, 4.69) is 38.2 Å². The van der Waals surface area contributed by atoms with E-state index in [4.69, 9.17) is 4.74 Å². The Labute approximate surface area is 267 Å². The van der Waals surface area contributed by atoms with Gasteiger partial charge in [0.1, 0.15) is 11.4 Å². The molecule has 3 aromatic carbocycles. The van der Waals surface area contributed by atoms with Crippen molar-refractivity contribution in [2.24, 2.45) is 0 Å². The molecule has 1 aromatic heterocycles. The minimum Gasteiger partial charge on any atom is -0.371 e. The minimum absolute atomic E-state index is 0.0250. The number of carbonyl (C=O) groups excluding carboxylic acids is 1. The predicted octanol–water partition coefficient (Wildman–Crippen LogP) is 8.10.